The van der Waals surface area contributed by atoms with Crippen LogP contribution in [0, 0.1) is 0 Å². The van der Waals surface area contributed by atoms with Crippen LogP contribution >= 0.6 is 0 Å². The summed E-state index contributed by atoms with van der Waals surface area (Å²) >= 11 is 0. The molecule has 1 aromatic heterocycles. The zero-order chi connectivity index (χ0) is 23.1. The average Bonchev–Trinajstić information content (AvgIpc) is 3.20. The van der Waals surface area contributed by atoms with Gasteiger partial charge in [-0.25, -0.2) is 9.13 Å². The summed E-state index contributed by atoms with van der Waals surface area (Å²) in [7, 11) is 0. The summed E-state index contributed by atoms with van der Waals surface area (Å²) in [6, 6.07) is 0. The summed E-state index contributed by atoms with van der Waals surface area (Å²) in [6.07, 6.45) is 35.8. The fourth-order valence-electron chi connectivity index (χ4n) is 4.99. The minimum absolute atomic E-state index is 1.11. The SMILES string of the molecule is CCCCCCCCCCCCCCCc1n(CC)cc[n+]1CCCCCCCCCC. The molecule has 188 valence electrons. The van der Waals surface area contributed by atoms with Gasteiger partial charge in [0.25, 0.3) is 5.82 Å². The van der Waals surface area contributed by atoms with Gasteiger partial charge in [0.1, 0.15) is 12.4 Å². The Morgan fingerprint density at radius 3 is 1.38 bits per heavy atom. The molecule has 0 spiro atoms. The monoisotopic (exact) mass is 447 g/mol. The van der Waals surface area contributed by atoms with Crippen LogP contribution in [-0.4, -0.2) is 4.57 Å². The van der Waals surface area contributed by atoms with Crippen molar-refractivity contribution in [3.63, 3.8) is 0 Å². The Kier molecular flexibility index (Phi) is 20.1. The van der Waals surface area contributed by atoms with Crippen molar-refractivity contribution in [2.75, 3.05) is 0 Å². The van der Waals surface area contributed by atoms with Crippen molar-refractivity contribution in [2.45, 2.75) is 175 Å². The molecule has 0 saturated carbocycles. The van der Waals surface area contributed by atoms with Gasteiger partial charge < -0.3 is 0 Å². The van der Waals surface area contributed by atoms with E-state index in [4.69, 9.17) is 0 Å². The Bertz CT molecular complexity index is 505. The summed E-state index contributed by atoms with van der Waals surface area (Å²) in [5.41, 5.74) is 0. The van der Waals surface area contributed by atoms with E-state index in [-0.39, 0.29) is 0 Å². The molecule has 2 nitrogen and oxygen atoms in total. The molecule has 0 bridgehead atoms. The van der Waals surface area contributed by atoms with Crippen LogP contribution in [0.1, 0.15) is 161 Å². The van der Waals surface area contributed by atoms with Gasteiger partial charge in [0.2, 0.25) is 0 Å². The first kappa shape index (κ1) is 29.2. The molecule has 0 aliphatic carbocycles. The Labute approximate surface area is 202 Å². The molecule has 2 heteroatoms. The molecule has 0 N–H and O–H groups in total. The van der Waals surface area contributed by atoms with E-state index < -0.39 is 0 Å². The lowest BCUT2D eigenvalue weighted by Gasteiger charge is -2.06. The summed E-state index contributed by atoms with van der Waals surface area (Å²) < 4.78 is 5.03. The van der Waals surface area contributed by atoms with Crippen molar-refractivity contribution in [3.05, 3.63) is 18.2 Å². The van der Waals surface area contributed by atoms with Gasteiger partial charge in [-0.3, -0.25) is 0 Å². The standard InChI is InChI=1S/C30H59N2/c1-4-7-9-11-13-15-16-17-18-19-20-22-24-26-30-31(6-3)28-29-32(30)27-25-23-21-14-12-10-8-5-2/h28-29H,4-27H2,1-3H3/q+1. The van der Waals surface area contributed by atoms with Crippen molar-refractivity contribution >= 4 is 0 Å². The van der Waals surface area contributed by atoms with Gasteiger partial charge >= 0.3 is 0 Å². The van der Waals surface area contributed by atoms with Gasteiger partial charge in [0.15, 0.2) is 0 Å². The summed E-state index contributed by atoms with van der Waals surface area (Å²) in [5, 5.41) is 0. The second-order valence-electron chi connectivity index (χ2n) is 10.2. The Balaban J connectivity index is 2.06. The number of unbranched alkanes of at least 4 members (excludes halogenated alkanes) is 19. The van der Waals surface area contributed by atoms with Crippen LogP contribution in [0.5, 0.6) is 0 Å². The van der Waals surface area contributed by atoms with Gasteiger partial charge in [-0.15, -0.1) is 0 Å². The second-order valence-corrected chi connectivity index (χ2v) is 10.2. The van der Waals surface area contributed by atoms with E-state index in [9.17, 15) is 0 Å². The fourth-order valence-corrected chi connectivity index (χ4v) is 4.99. The molecule has 32 heavy (non-hydrogen) atoms. The van der Waals surface area contributed by atoms with E-state index in [1.807, 2.05) is 0 Å². The predicted molar refractivity (Wildman–Crippen MR) is 142 cm³/mol. The third-order valence-electron chi connectivity index (χ3n) is 7.19. The molecule has 0 aromatic carbocycles. The minimum Gasteiger partial charge on any atom is -0.235 e. The summed E-state index contributed by atoms with van der Waals surface area (Å²) in [6.45, 7) is 9.22. The highest BCUT2D eigenvalue weighted by Gasteiger charge is 2.15. The number of hydrogen-bond donors (Lipinski definition) is 0. The number of imidazole rings is 1. The Hall–Kier alpha value is -0.790. The molecule has 0 aliphatic heterocycles. The minimum atomic E-state index is 1.11. The van der Waals surface area contributed by atoms with Gasteiger partial charge in [-0.05, 0) is 26.2 Å². The topological polar surface area (TPSA) is 8.81 Å². The zero-order valence-corrected chi connectivity index (χ0v) is 22.5. The molecule has 0 atom stereocenters. The van der Waals surface area contributed by atoms with E-state index in [1.165, 1.54) is 148 Å². The third kappa shape index (κ3) is 15.1. The molecular formula is C30H59N2+. The lowest BCUT2D eigenvalue weighted by Crippen LogP contribution is -2.37. The molecule has 0 fully saturated rings. The van der Waals surface area contributed by atoms with Gasteiger partial charge in [-0.1, -0.05) is 129 Å². The van der Waals surface area contributed by atoms with E-state index in [1.54, 1.807) is 5.82 Å². The maximum absolute atomic E-state index is 2.56. The molecule has 0 radical (unpaired) electrons. The fraction of sp³-hybridized carbons (Fsp3) is 0.900. The average molecular weight is 448 g/mol. The molecule has 0 amide bonds. The third-order valence-corrected chi connectivity index (χ3v) is 7.19. The number of nitrogens with zero attached hydrogens (tertiary/aromatic N) is 2. The highest BCUT2D eigenvalue weighted by Crippen LogP contribution is 2.14. The quantitative estimate of drug-likeness (QED) is 0.110. The normalized spacial score (nSPS) is 11.5. The van der Waals surface area contributed by atoms with Crippen molar-refractivity contribution in [3.8, 4) is 0 Å². The summed E-state index contributed by atoms with van der Waals surface area (Å²) in [4.78, 5) is 0. The van der Waals surface area contributed by atoms with Gasteiger partial charge in [0, 0.05) is 6.42 Å². The Morgan fingerprint density at radius 1 is 0.531 bits per heavy atom. The van der Waals surface area contributed by atoms with Crippen molar-refractivity contribution in [2.24, 2.45) is 0 Å². The molecule has 1 heterocycles. The predicted octanol–water partition coefficient (Wildman–Crippen LogP) is 9.57. The summed E-state index contributed by atoms with van der Waals surface area (Å²) in [5.74, 6) is 1.57. The van der Waals surface area contributed by atoms with Crippen LogP contribution in [0.3, 0.4) is 0 Å². The number of aryl methyl sites for hydroxylation is 2. The lowest BCUT2D eigenvalue weighted by molar-refractivity contribution is -0.704. The zero-order valence-electron chi connectivity index (χ0n) is 22.5. The van der Waals surface area contributed by atoms with Crippen LogP contribution in [0.15, 0.2) is 12.4 Å². The van der Waals surface area contributed by atoms with E-state index in [0.29, 0.717) is 0 Å². The van der Waals surface area contributed by atoms with Gasteiger partial charge in [0.05, 0.1) is 13.1 Å². The molecule has 1 rings (SSSR count). The first-order valence-corrected chi connectivity index (χ1v) is 14.9. The number of aromatic nitrogens is 2. The first-order chi connectivity index (χ1) is 15.8. The van der Waals surface area contributed by atoms with Crippen LogP contribution in [0.25, 0.3) is 0 Å². The molecule has 0 unspecified atom stereocenters. The number of rotatable bonds is 24. The van der Waals surface area contributed by atoms with E-state index in [2.05, 4.69) is 42.3 Å². The van der Waals surface area contributed by atoms with Crippen molar-refractivity contribution in [1.29, 1.82) is 0 Å². The highest BCUT2D eigenvalue weighted by atomic mass is 15.1. The van der Waals surface area contributed by atoms with Crippen molar-refractivity contribution in [1.82, 2.24) is 4.57 Å². The van der Waals surface area contributed by atoms with Crippen LogP contribution < -0.4 is 4.57 Å². The van der Waals surface area contributed by atoms with Crippen LogP contribution in [0.4, 0.5) is 0 Å². The van der Waals surface area contributed by atoms with Crippen molar-refractivity contribution < 1.29 is 4.57 Å². The maximum Gasteiger partial charge on any atom is 0.256 e. The molecule has 0 aliphatic rings. The Morgan fingerprint density at radius 2 is 0.938 bits per heavy atom. The van der Waals surface area contributed by atoms with Crippen LogP contribution in [0.2, 0.25) is 0 Å². The number of hydrogen-bond acceptors (Lipinski definition) is 0. The smallest absolute Gasteiger partial charge is 0.235 e. The lowest BCUT2D eigenvalue weighted by atomic mass is 10.0. The molecule has 1 aromatic rings. The highest BCUT2D eigenvalue weighted by molar-refractivity contribution is 4.83. The van der Waals surface area contributed by atoms with E-state index in [0.717, 1.165) is 6.54 Å². The van der Waals surface area contributed by atoms with E-state index >= 15 is 0 Å². The van der Waals surface area contributed by atoms with Crippen LogP contribution in [-0.2, 0) is 19.5 Å². The second kappa shape index (κ2) is 22.0. The molecule has 0 saturated heterocycles. The maximum atomic E-state index is 2.56. The largest absolute Gasteiger partial charge is 0.256 e. The molecular weight excluding hydrogens is 388 g/mol. The van der Waals surface area contributed by atoms with Gasteiger partial charge in [-0.2, -0.15) is 0 Å². The first-order valence-electron chi connectivity index (χ1n) is 14.9.